The molecule has 114 valence electrons. The summed E-state index contributed by atoms with van der Waals surface area (Å²) in [6, 6.07) is 3.70. The summed E-state index contributed by atoms with van der Waals surface area (Å²) in [6.07, 6.45) is 1.63. The summed E-state index contributed by atoms with van der Waals surface area (Å²) >= 11 is 0. The van der Waals surface area contributed by atoms with Gasteiger partial charge in [0.2, 0.25) is 10.0 Å². The van der Waals surface area contributed by atoms with Gasteiger partial charge < -0.3 is 5.32 Å². The van der Waals surface area contributed by atoms with E-state index in [1.54, 1.807) is 0 Å². The van der Waals surface area contributed by atoms with E-state index in [1.165, 1.54) is 12.1 Å². The molecule has 0 radical (unpaired) electrons. The van der Waals surface area contributed by atoms with Crippen LogP contribution in [0, 0.1) is 5.82 Å². The van der Waals surface area contributed by atoms with Crippen LogP contribution in [0.4, 0.5) is 4.39 Å². The summed E-state index contributed by atoms with van der Waals surface area (Å²) in [7, 11) is -3.70. The average Bonchev–Trinajstić information content (AvgIpc) is 2.37. The molecule has 0 heterocycles. The van der Waals surface area contributed by atoms with Crippen molar-refractivity contribution in [1.82, 2.24) is 10.0 Å². The largest absolute Gasteiger partial charge is 0.313 e. The molecule has 0 spiro atoms. The fourth-order valence-electron chi connectivity index (χ4n) is 2.00. The molecule has 0 saturated carbocycles. The van der Waals surface area contributed by atoms with E-state index in [2.05, 4.69) is 10.0 Å². The standard InChI is InChI=1S/C14H23FN2O2S/c1-4-6-11(3)17-20(18,19)14-9-13(15)8-7-12(14)10-16-5-2/h7-9,11,16-17H,4-6,10H2,1-3H3. The Kier molecular flexibility index (Phi) is 6.58. The number of sulfonamides is 1. The van der Waals surface area contributed by atoms with Crippen LogP contribution in [-0.4, -0.2) is 21.0 Å². The summed E-state index contributed by atoms with van der Waals surface area (Å²) in [5, 5.41) is 3.06. The van der Waals surface area contributed by atoms with Crippen molar-refractivity contribution >= 4 is 10.0 Å². The van der Waals surface area contributed by atoms with Crippen molar-refractivity contribution < 1.29 is 12.8 Å². The lowest BCUT2D eigenvalue weighted by Gasteiger charge is -2.16. The smallest absolute Gasteiger partial charge is 0.241 e. The third-order valence-corrected chi connectivity index (χ3v) is 4.63. The molecule has 0 fully saturated rings. The van der Waals surface area contributed by atoms with Crippen LogP contribution in [0.15, 0.2) is 23.1 Å². The van der Waals surface area contributed by atoms with Gasteiger partial charge >= 0.3 is 0 Å². The van der Waals surface area contributed by atoms with Gasteiger partial charge in [-0.2, -0.15) is 0 Å². The number of halogens is 1. The molecule has 0 bridgehead atoms. The molecule has 4 nitrogen and oxygen atoms in total. The summed E-state index contributed by atoms with van der Waals surface area (Å²) in [5.41, 5.74) is 0.574. The average molecular weight is 302 g/mol. The lowest BCUT2D eigenvalue weighted by atomic mass is 10.2. The Morgan fingerprint density at radius 1 is 1.30 bits per heavy atom. The lowest BCUT2D eigenvalue weighted by molar-refractivity contribution is 0.540. The quantitative estimate of drug-likeness (QED) is 0.775. The van der Waals surface area contributed by atoms with Crippen molar-refractivity contribution in [3.63, 3.8) is 0 Å². The Bertz CT molecular complexity index is 532. The molecule has 1 rings (SSSR count). The minimum atomic E-state index is -3.70. The van der Waals surface area contributed by atoms with E-state index in [0.29, 0.717) is 12.1 Å². The monoisotopic (exact) mass is 302 g/mol. The number of nitrogens with one attached hydrogen (secondary N) is 2. The van der Waals surface area contributed by atoms with Gasteiger partial charge in [0.15, 0.2) is 0 Å². The maximum atomic E-state index is 13.4. The number of hydrogen-bond donors (Lipinski definition) is 2. The maximum absolute atomic E-state index is 13.4. The van der Waals surface area contributed by atoms with Crippen molar-refractivity contribution in [3.8, 4) is 0 Å². The summed E-state index contributed by atoms with van der Waals surface area (Å²) in [5.74, 6) is -0.547. The van der Waals surface area contributed by atoms with E-state index >= 15 is 0 Å². The van der Waals surface area contributed by atoms with Crippen molar-refractivity contribution in [2.75, 3.05) is 6.54 Å². The SMILES string of the molecule is CCCC(C)NS(=O)(=O)c1cc(F)ccc1CNCC. The van der Waals surface area contributed by atoms with Gasteiger partial charge in [-0.25, -0.2) is 17.5 Å². The van der Waals surface area contributed by atoms with Crippen LogP contribution in [0.5, 0.6) is 0 Å². The van der Waals surface area contributed by atoms with Crippen molar-refractivity contribution in [2.24, 2.45) is 0 Å². The molecule has 1 atom stereocenters. The van der Waals surface area contributed by atoms with Gasteiger partial charge in [-0.05, 0) is 37.6 Å². The molecule has 0 saturated heterocycles. The van der Waals surface area contributed by atoms with Crippen LogP contribution in [0.1, 0.15) is 39.2 Å². The number of benzene rings is 1. The van der Waals surface area contributed by atoms with Gasteiger partial charge in [-0.1, -0.05) is 26.3 Å². The highest BCUT2D eigenvalue weighted by molar-refractivity contribution is 7.89. The van der Waals surface area contributed by atoms with Gasteiger partial charge in [0.1, 0.15) is 5.82 Å². The molecule has 0 aliphatic heterocycles. The molecule has 0 aliphatic carbocycles. The first-order chi connectivity index (χ1) is 9.40. The third kappa shape index (κ3) is 4.85. The predicted octanol–water partition coefficient (Wildman–Crippen LogP) is 2.40. The second kappa shape index (κ2) is 7.71. The van der Waals surface area contributed by atoms with E-state index in [1.807, 2.05) is 20.8 Å². The van der Waals surface area contributed by atoms with Gasteiger partial charge in [-0.15, -0.1) is 0 Å². The van der Waals surface area contributed by atoms with Crippen LogP contribution in [-0.2, 0) is 16.6 Å². The van der Waals surface area contributed by atoms with Crippen molar-refractivity contribution in [1.29, 1.82) is 0 Å². The highest BCUT2D eigenvalue weighted by atomic mass is 32.2. The highest BCUT2D eigenvalue weighted by Crippen LogP contribution is 2.18. The van der Waals surface area contributed by atoms with Gasteiger partial charge in [0.25, 0.3) is 0 Å². The molecule has 1 aromatic rings. The fourth-order valence-corrected chi connectivity index (χ4v) is 3.53. The topological polar surface area (TPSA) is 58.2 Å². The Labute approximate surface area is 120 Å². The van der Waals surface area contributed by atoms with E-state index in [9.17, 15) is 12.8 Å². The zero-order chi connectivity index (χ0) is 15.2. The van der Waals surface area contributed by atoms with Crippen molar-refractivity contribution in [2.45, 2.75) is 51.1 Å². The second-order valence-corrected chi connectivity index (χ2v) is 6.53. The van der Waals surface area contributed by atoms with E-state index in [-0.39, 0.29) is 10.9 Å². The predicted molar refractivity (Wildman–Crippen MR) is 78.5 cm³/mol. The normalized spacial score (nSPS) is 13.4. The summed E-state index contributed by atoms with van der Waals surface area (Å²) in [4.78, 5) is 0.0152. The van der Waals surface area contributed by atoms with Crippen molar-refractivity contribution in [3.05, 3.63) is 29.6 Å². The first-order valence-corrected chi connectivity index (χ1v) is 8.40. The fraction of sp³-hybridized carbons (Fsp3) is 0.571. The Balaban J connectivity index is 3.05. The highest BCUT2D eigenvalue weighted by Gasteiger charge is 2.21. The summed E-state index contributed by atoms with van der Waals surface area (Å²) < 4.78 is 40.7. The molecular formula is C14H23FN2O2S. The van der Waals surface area contributed by atoms with E-state index in [0.717, 1.165) is 25.5 Å². The molecule has 20 heavy (non-hydrogen) atoms. The summed E-state index contributed by atoms with van der Waals surface area (Å²) in [6.45, 7) is 6.85. The van der Waals surface area contributed by atoms with E-state index < -0.39 is 15.8 Å². The molecule has 2 N–H and O–H groups in total. The Hall–Kier alpha value is -0.980. The van der Waals surface area contributed by atoms with Gasteiger partial charge in [-0.3, -0.25) is 0 Å². The minimum absolute atomic E-state index is 0.0152. The first-order valence-electron chi connectivity index (χ1n) is 6.92. The lowest BCUT2D eigenvalue weighted by Crippen LogP contribution is -2.33. The number of rotatable bonds is 8. The Morgan fingerprint density at radius 3 is 2.60 bits per heavy atom. The zero-order valence-electron chi connectivity index (χ0n) is 12.2. The van der Waals surface area contributed by atoms with Crippen LogP contribution < -0.4 is 10.0 Å². The van der Waals surface area contributed by atoms with Crippen LogP contribution in [0.25, 0.3) is 0 Å². The maximum Gasteiger partial charge on any atom is 0.241 e. The molecule has 0 aromatic heterocycles. The van der Waals surface area contributed by atoms with Gasteiger partial charge in [0.05, 0.1) is 4.90 Å². The Morgan fingerprint density at radius 2 is 2.00 bits per heavy atom. The van der Waals surface area contributed by atoms with Crippen LogP contribution in [0.2, 0.25) is 0 Å². The first kappa shape index (κ1) is 17.1. The molecule has 0 aliphatic rings. The van der Waals surface area contributed by atoms with Gasteiger partial charge in [0, 0.05) is 12.6 Å². The van der Waals surface area contributed by atoms with Crippen LogP contribution >= 0.6 is 0 Å². The zero-order valence-corrected chi connectivity index (χ0v) is 13.1. The van der Waals surface area contributed by atoms with E-state index in [4.69, 9.17) is 0 Å². The van der Waals surface area contributed by atoms with Crippen LogP contribution in [0.3, 0.4) is 0 Å². The molecule has 0 amide bonds. The second-order valence-electron chi connectivity index (χ2n) is 4.84. The molecular weight excluding hydrogens is 279 g/mol. The minimum Gasteiger partial charge on any atom is -0.313 e. The molecule has 1 aromatic carbocycles. The molecule has 6 heteroatoms. The number of hydrogen-bond acceptors (Lipinski definition) is 3. The molecule has 1 unspecified atom stereocenters. The third-order valence-electron chi connectivity index (χ3n) is 2.96.